The van der Waals surface area contributed by atoms with Crippen LogP contribution in [-0.2, 0) is 6.54 Å². The molecule has 0 saturated carbocycles. The lowest BCUT2D eigenvalue weighted by Crippen LogP contribution is -2.11. The van der Waals surface area contributed by atoms with Crippen molar-refractivity contribution in [2.45, 2.75) is 19.4 Å². The predicted molar refractivity (Wildman–Crippen MR) is 102 cm³/mol. The van der Waals surface area contributed by atoms with E-state index in [-0.39, 0.29) is 11.6 Å². The molecule has 1 saturated heterocycles. The van der Waals surface area contributed by atoms with Gasteiger partial charge in [-0.1, -0.05) is 30.3 Å². The Labute approximate surface area is 152 Å². The quantitative estimate of drug-likeness (QED) is 0.496. The maximum atomic E-state index is 13.8. The Bertz CT molecular complexity index is 953. The minimum absolute atomic E-state index is 0.0414. The molecule has 0 unspecified atom stereocenters. The van der Waals surface area contributed by atoms with Crippen molar-refractivity contribution in [2.24, 2.45) is 0 Å². The van der Waals surface area contributed by atoms with Crippen LogP contribution in [0.15, 0.2) is 67.0 Å². The van der Waals surface area contributed by atoms with Crippen LogP contribution in [-0.4, -0.2) is 28.3 Å². The number of rotatable bonds is 5. The molecular formula is C22H21FN2O. The summed E-state index contributed by atoms with van der Waals surface area (Å²) in [7, 11) is 0. The molecule has 1 aromatic heterocycles. The fourth-order valence-electron chi connectivity index (χ4n) is 3.53. The SMILES string of the molecule is O=C(/C=C/N1CCCC1)c1cn(Cc2ccccc2)c2cc(F)ccc12. The summed E-state index contributed by atoms with van der Waals surface area (Å²) in [6, 6.07) is 14.6. The molecule has 4 heteroatoms. The fourth-order valence-corrected chi connectivity index (χ4v) is 3.53. The van der Waals surface area contributed by atoms with E-state index in [4.69, 9.17) is 0 Å². The highest BCUT2D eigenvalue weighted by atomic mass is 19.1. The third kappa shape index (κ3) is 3.40. The molecule has 0 aliphatic carbocycles. The zero-order valence-corrected chi connectivity index (χ0v) is 14.6. The van der Waals surface area contributed by atoms with Gasteiger partial charge in [0.25, 0.3) is 0 Å². The molecule has 0 N–H and O–H groups in total. The van der Waals surface area contributed by atoms with Gasteiger partial charge in [-0.05, 0) is 36.6 Å². The Morgan fingerprint density at radius 3 is 2.62 bits per heavy atom. The van der Waals surface area contributed by atoms with E-state index in [1.165, 1.54) is 25.0 Å². The van der Waals surface area contributed by atoms with Gasteiger partial charge < -0.3 is 9.47 Å². The molecule has 1 aliphatic heterocycles. The van der Waals surface area contributed by atoms with Gasteiger partial charge in [0.2, 0.25) is 0 Å². The second-order valence-electron chi connectivity index (χ2n) is 6.74. The molecule has 2 heterocycles. The first-order valence-electron chi connectivity index (χ1n) is 8.99. The maximum Gasteiger partial charge on any atom is 0.189 e. The first-order chi connectivity index (χ1) is 12.7. The van der Waals surface area contributed by atoms with E-state index in [9.17, 15) is 9.18 Å². The molecule has 1 fully saturated rings. The summed E-state index contributed by atoms with van der Waals surface area (Å²) < 4.78 is 15.7. The van der Waals surface area contributed by atoms with Crippen LogP contribution < -0.4 is 0 Å². The predicted octanol–water partition coefficient (Wildman–Crippen LogP) is 4.62. The van der Waals surface area contributed by atoms with Gasteiger partial charge in [0.1, 0.15) is 5.82 Å². The normalized spacial score (nSPS) is 14.6. The number of carbonyl (C=O) groups is 1. The largest absolute Gasteiger partial charge is 0.377 e. The Balaban J connectivity index is 1.69. The second-order valence-corrected chi connectivity index (χ2v) is 6.74. The van der Waals surface area contributed by atoms with Crippen LogP contribution in [0.5, 0.6) is 0 Å². The molecule has 0 amide bonds. The third-order valence-electron chi connectivity index (χ3n) is 4.88. The van der Waals surface area contributed by atoms with Crippen molar-refractivity contribution in [2.75, 3.05) is 13.1 Å². The third-order valence-corrected chi connectivity index (χ3v) is 4.88. The molecule has 3 aromatic rings. The van der Waals surface area contributed by atoms with Crippen LogP contribution in [0.3, 0.4) is 0 Å². The number of benzene rings is 2. The van der Waals surface area contributed by atoms with E-state index < -0.39 is 0 Å². The molecule has 0 spiro atoms. The Morgan fingerprint density at radius 1 is 1.08 bits per heavy atom. The number of halogens is 1. The topological polar surface area (TPSA) is 25.2 Å². The molecule has 3 nitrogen and oxygen atoms in total. The zero-order valence-electron chi connectivity index (χ0n) is 14.6. The summed E-state index contributed by atoms with van der Waals surface area (Å²) in [5.41, 5.74) is 2.47. The average molecular weight is 348 g/mol. The van der Waals surface area contributed by atoms with Crippen molar-refractivity contribution in [1.29, 1.82) is 0 Å². The van der Waals surface area contributed by atoms with Crippen molar-refractivity contribution in [3.8, 4) is 0 Å². The number of carbonyl (C=O) groups excluding carboxylic acids is 1. The Hall–Kier alpha value is -2.88. The van der Waals surface area contributed by atoms with Gasteiger partial charge in [-0.2, -0.15) is 0 Å². The lowest BCUT2D eigenvalue weighted by molar-refractivity contribution is 0.104. The molecule has 0 bridgehead atoms. The molecule has 132 valence electrons. The van der Waals surface area contributed by atoms with E-state index in [2.05, 4.69) is 4.90 Å². The molecular weight excluding hydrogens is 327 g/mol. The van der Waals surface area contributed by atoms with Crippen molar-refractivity contribution in [3.05, 3.63) is 83.9 Å². The number of ketones is 1. The van der Waals surface area contributed by atoms with Gasteiger partial charge in [-0.15, -0.1) is 0 Å². The van der Waals surface area contributed by atoms with Crippen molar-refractivity contribution < 1.29 is 9.18 Å². The van der Waals surface area contributed by atoms with E-state index in [1.54, 1.807) is 12.1 Å². The lowest BCUT2D eigenvalue weighted by atomic mass is 10.1. The summed E-state index contributed by atoms with van der Waals surface area (Å²) in [6.07, 6.45) is 7.71. The van der Waals surface area contributed by atoms with Gasteiger partial charge in [0.15, 0.2) is 5.78 Å². The van der Waals surface area contributed by atoms with Gasteiger partial charge in [-0.3, -0.25) is 4.79 Å². The standard InChI is InChI=1S/C22H21FN2O/c23-18-8-9-19-20(22(26)10-13-24-11-4-5-12-24)16-25(21(19)14-18)15-17-6-2-1-3-7-17/h1-3,6-10,13-14,16H,4-5,11-12,15H2/b13-10+. The second kappa shape index (κ2) is 7.16. The average Bonchev–Trinajstić information content (AvgIpc) is 3.29. The molecule has 1 aliphatic rings. The van der Waals surface area contributed by atoms with Crippen molar-refractivity contribution in [3.63, 3.8) is 0 Å². The molecule has 2 aromatic carbocycles. The van der Waals surface area contributed by atoms with E-state index in [0.29, 0.717) is 12.1 Å². The van der Waals surface area contributed by atoms with Gasteiger partial charge >= 0.3 is 0 Å². The highest BCUT2D eigenvalue weighted by molar-refractivity contribution is 6.13. The number of likely N-dealkylation sites (tertiary alicyclic amines) is 1. The smallest absolute Gasteiger partial charge is 0.189 e. The Morgan fingerprint density at radius 2 is 1.85 bits per heavy atom. The fraction of sp³-hybridized carbons (Fsp3) is 0.227. The van der Waals surface area contributed by atoms with E-state index >= 15 is 0 Å². The Kier molecular flexibility index (Phi) is 4.57. The van der Waals surface area contributed by atoms with Crippen LogP contribution in [0.25, 0.3) is 10.9 Å². The first kappa shape index (κ1) is 16.6. The number of hydrogen-bond acceptors (Lipinski definition) is 2. The molecule has 0 radical (unpaired) electrons. The lowest BCUT2D eigenvalue weighted by Gasteiger charge is -2.09. The number of nitrogens with zero attached hydrogens (tertiary/aromatic N) is 2. The van der Waals surface area contributed by atoms with Crippen molar-refractivity contribution in [1.82, 2.24) is 9.47 Å². The minimum atomic E-state index is -0.295. The summed E-state index contributed by atoms with van der Waals surface area (Å²) in [6.45, 7) is 2.61. The van der Waals surface area contributed by atoms with E-state index in [1.807, 2.05) is 47.3 Å². The van der Waals surface area contributed by atoms with Crippen LogP contribution in [0.4, 0.5) is 4.39 Å². The summed E-state index contributed by atoms with van der Waals surface area (Å²) in [5.74, 6) is -0.336. The monoisotopic (exact) mass is 348 g/mol. The van der Waals surface area contributed by atoms with Crippen molar-refractivity contribution >= 4 is 16.7 Å². The summed E-state index contributed by atoms with van der Waals surface area (Å²) in [4.78, 5) is 14.9. The number of hydrogen-bond donors (Lipinski definition) is 0. The van der Waals surface area contributed by atoms with Crippen LogP contribution in [0.1, 0.15) is 28.8 Å². The molecule has 4 rings (SSSR count). The summed E-state index contributed by atoms with van der Waals surface area (Å²) in [5, 5.41) is 0.790. The summed E-state index contributed by atoms with van der Waals surface area (Å²) >= 11 is 0. The molecule has 0 atom stereocenters. The first-order valence-corrected chi connectivity index (χ1v) is 8.99. The van der Waals surface area contributed by atoms with Crippen LogP contribution in [0.2, 0.25) is 0 Å². The zero-order chi connectivity index (χ0) is 17.9. The maximum absolute atomic E-state index is 13.8. The van der Waals surface area contributed by atoms with Gasteiger partial charge in [-0.25, -0.2) is 4.39 Å². The van der Waals surface area contributed by atoms with Gasteiger partial charge in [0.05, 0.1) is 5.52 Å². The number of fused-ring (bicyclic) bond motifs is 1. The van der Waals surface area contributed by atoms with Crippen LogP contribution in [0, 0.1) is 5.82 Å². The van der Waals surface area contributed by atoms with Gasteiger partial charge in [0, 0.05) is 49.1 Å². The number of aromatic nitrogens is 1. The molecule has 26 heavy (non-hydrogen) atoms. The minimum Gasteiger partial charge on any atom is -0.377 e. The highest BCUT2D eigenvalue weighted by Crippen LogP contribution is 2.24. The number of allylic oxidation sites excluding steroid dienone is 1. The highest BCUT2D eigenvalue weighted by Gasteiger charge is 2.15. The van der Waals surface area contributed by atoms with Crippen LogP contribution >= 0.6 is 0 Å². The van der Waals surface area contributed by atoms with E-state index in [0.717, 1.165) is 29.6 Å².